The summed E-state index contributed by atoms with van der Waals surface area (Å²) in [6.45, 7) is 0.341. The van der Waals surface area contributed by atoms with E-state index in [0.29, 0.717) is 22.6 Å². The van der Waals surface area contributed by atoms with E-state index in [9.17, 15) is 9.59 Å². The fourth-order valence-electron chi connectivity index (χ4n) is 2.34. The molecule has 0 unspecified atom stereocenters. The van der Waals surface area contributed by atoms with Crippen LogP contribution in [-0.4, -0.2) is 27.8 Å². The molecule has 3 aromatic rings. The predicted octanol–water partition coefficient (Wildman–Crippen LogP) is 2.85. The number of amides is 1. The number of halogens is 1. The molecule has 0 saturated carbocycles. The molecule has 116 valence electrons. The van der Waals surface area contributed by atoms with Gasteiger partial charge in [-0.05, 0) is 29.8 Å². The SMILES string of the molecule is CN(Cc1cccc(Cl)c1)C(=O)c1nc2ccccc2[nH]c1=O. The standard InChI is InChI=1S/C17H14ClN3O2/c1-21(10-11-5-4-6-12(18)9-11)17(23)15-16(22)20-14-8-3-2-7-13(14)19-15/h2-9H,10H2,1H3,(H,20,22). The summed E-state index contributed by atoms with van der Waals surface area (Å²) in [6, 6.07) is 14.3. The minimum Gasteiger partial charge on any atom is -0.336 e. The van der Waals surface area contributed by atoms with Gasteiger partial charge >= 0.3 is 0 Å². The summed E-state index contributed by atoms with van der Waals surface area (Å²) >= 11 is 5.94. The van der Waals surface area contributed by atoms with Crippen molar-refractivity contribution in [2.24, 2.45) is 0 Å². The molecule has 0 aliphatic rings. The second-order valence-electron chi connectivity index (χ2n) is 5.22. The van der Waals surface area contributed by atoms with Crippen molar-refractivity contribution < 1.29 is 4.79 Å². The maximum absolute atomic E-state index is 12.5. The van der Waals surface area contributed by atoms with Crippen molar-refractivity contribution in [1.82, 2.24) is 14.9 Å². The molecule has 1 N–H and O–H groups in total. The Bertz CT molecular complexity index is 936. The number of rotatable bonds is 3. The Balaban J connectivity index is 1.90. The smallest absolute Gasteiger partial charge is 0.280 e. The summed E-state index contributed by atoms with van der Waals surface area (Å²) in [6.07, 6.45) is 0. The Morgan fingerprint density at radius 3 is 2.78 bits per heavy atom. The molecular weight excluding hydrogens is 314 g/mol. The second kappa shape index (κ2) is 6.22. The molecule has 23 heavy (non-hydrogen) atoms. The van der Waals surface area contributed by atoms with Gasteiger partial charge < -0.3 is 9.88 Å². The molecule has 0 saturated heterocycles. The highest BCUT2D eigenvalue weighted by Gasteiger charge is 2.18. The monoisotopic (exact) mass is 327 g/mol. The molecule has 3 rings (SSSR count). The Morgan fingerprint density at radius 2 is 2.00 bits per heavy atom. The van der Waals surface area contributed by atoms with E-state index in [1.807, 2.05) is 12.1 Å². The van der Waals surface area contributed by atoms with Crippen molar-refractivity contribution in [1.29, 1.82) is 0 Å². The fourth-order valence-corrected chi connectivity index (χ4v) is 2.55. The van der Waals surface area contributed by atoms with E-state index in [2.05, 4.69) is 9.97 Å². The maximum atomic E-state index is 12.5. The molecule has 1 amide bonds. The van der Waals surface area contributed by atoms with Crippen molar-refractivity contribution in [3.63, 3.8) is 0 Å². The third kappa shape index (κ3) is 3.24. The van der Waals surface area contributed by atoms with Crippen LogP contribution in [0.25, 0.3) is 11.0 Å². The largest absolute Gasteiger partial charge is 0.336 e. The highest BCUT2D eigenvalue weighted by atomic mass is 35.5. The van der Waals surface area contributed by atoms with Gasteiger partial charge in [0, 0.05) is 18.6 Å². The normalized spacial score (nSPS) is 10.7. The first-order chi connectivity index (χ1) is 11.0. The Kier molecular flexibility index (Phi) is 4.12. The van der Waals surface area contributed by atoms with E-state index in [4.69, 9.17) is 11.6 Å². The first-order valence-electron chi connectivity index (χ1n) is 7.03. The highest BCUT2D eigenvalue weighted by Crippen LogP contribution is 2.13. The number of carbonyl (C=O) groups is 1. The van der Waals surface area contributed by atoms with E-state index in [0.717, 1.165) is 5.56 Å². The van der Waals surface area contributed by atoms with Gasteiger partial charge in [-0.25, -0.2) is 4.98 Å². The Morgan fingerprint density at radius 1 is 1.22 bits per heavy atom. The van der Waals surface area contributed by atoms with Crippen molar-refractivity contribution in [3.8, 4) is 0 Å². The number of benzene rings is 2. The third-order valence-corrected chi connectivity index (χ3v) is 3.69. The number of H-pyrrole nitrogens is 1. The fraction of sp³-hybridized carbons (Fsp3) is 0.118. The van der Waals surface area contributed by atoms with Gasteiger partial charge in [0.25, 0.3) is 11.5 Å². The van der Waals surface area contributed by atoms with Crippen molar-refractivity contribution in [2.75, 3.05) is 7.05 Å². The number of carbonyl (C=O) groups excluding carboxylic acids is 1. The summed E-state index contributed by atoms with van der Waals surface area (Å²) in [5, 5.41) is 0.602. The first kappa shape index (κ1) is 15.2. The number of hydrogen-bond acceptors (Lipinski definition) is 3. The molecule has 0 radical (unpaired) electrons. The van der Waals surface area contributed by atoms with Crippen LogP contribution in [0.4, 0.5) is 0 Å². The number of fused-ring (bicyclic) bond motifs is 1. The maximum Gasteiger partial charge on any atom is 0.280 e. The van der Waals surface area contributed by atoms with E-state index in [1.165, 1.54) is 4.90 Å². The quantitative estimate of drug-likeness (QED) is 0.804. The molecule has 0 aliphatic heterocycles. The summed E-state index contributed by atoms with van der Waals surface area (Å²) < 4.78 is 0. The molecule has 1 aromatic heterocycles. The lowest BCUT2D eigenvalue weighted by molar-refractivity contribution is 0.0778. The number of aromatic nitrogens is 2. The van der Waals surface area contributed by atoms with Gasteiger partial charge in [0.05, 0.1) is 11.0 Å². The molecule has 1 heterocycles. The van der Waals surface area contributed by atoms with Crippen LogP contribution in [0, 0.1) is 0 Å². The Labute approximate surface area is 137 Å². The number of nitrogens with one attached hydrogen (secondary N) is 1. The summed E-state index contributed by atoms with van der Waals surface area (Å²) in [5.41, 5.74) is 1.45. The topological polar surface area (TPSA) is 66.1 Å². The van der Waals surface area contributed by atoms with Gasteiger partial charge in [0.1, 0.15) is 0 Å². The number of nitrogens with zero attached hydrogens (tertiary/aromatic N) is 2. The second-order valence-corrected chi connectivity index (χ2v) is 5.66. The molecule has 5 nitrogen and oxygen atoms in total. The molecule has 0 atom stereocenters. The number of aromatic amines is 1. The van der Waals surface area contributed by atoms with Crippen molar-refractivity contribution in [2.45, 2.75) is 6.54 Å². The van der Waals surface area contributed by atoms with Crippen LogP contribution in [0.3, 0.4) is 0 Å². The zero-order valence-electron chi connectivity index (χ0n) is 12.4. The molecule has 0 spiro atoms. The van der Waals surface area contributed by atoms with Crippen molar-refractivity contribution in [3.05, 3.63) is 75.2 Å². The average Bonchev–Trinajstić information content (AvgIpc) is 2.53. The summed E-state index contributed by atoms with van der Waals surface area (Å²) in [4.78, 5) is 32.9. The van der Waals surface area contributed by atoms with E-state index in [-0.39, 0.29) is 5.69 Å². The zero-order valence-corrected chi connectivity index (χ0v) is 13.2. The van der Waals surface area contributed by atoms with Crippen LogP contribution >= 0.6 is 11.6 Å². The summed E-state index contributed by atoms with van der Waals surface area (Å²) in [5.74, 6) is -0.433. The lowest BCUT2D eigenvalue weighted by atomic mass is 10.2. The molecule has 0 fully saturated rings. The molecule has 0 aliphatic carbocycles. The van der Waals surface area contributed by atoms with Gasteiger partial charge in [0.15, 0.2) is 5.69 Å². The average molecular weight is 328 g/mol. The lowest BCUT2D eigenvalue weighted by Crippen LogP contribution is -2.32. The molecular formula is C17H14ClN3O2. The van der Waals surface area contributed by atoms with Gasteiger partial charge in [-0.15, -0.1) is 0 Å². The first-order valence-corrected chi connectivity index (χ1v) is 7.41. The number of hydrogen-bond donors (Lipinski definition) is 1. The van der Waals surface area contributed by atoms with Crippen LogP contribution in [-0.2, 0) is 6.54 Å². The van der Waals surface area contributed by atoms with Gasteiger partial charge in [-0.3, -0.25) is 9.59 Å². The van der Waals surface area contributed by atoms with Crippen LogP contribution in [0.5, 0.6) is 0 Å². The Hall–Kier alpha value is -2.66. The lowest BCUT2D eigenvalue weighted by Gasteiger charge is -2.16. The number of para-hydroxylation sites is 2. The van der Waals surface area contributed by atoms with E-state index in [1.54, 1.807) is 43.4 Å². The summed E-state index contributed by atoms with van der Waals surface area (Å²) in [7, 11) is 1.62. The molecule has 2 aromatic carbocycles. The minimum atomic E-state index is -0.494. The predicted molar refractivity (Wildman–Crippen MR) is 89.6 cm³/mol. The van der Waals surface area contributed by atoms with Gasteiger partial charge in [-0.1, -0.05) is 35.9 Å². The van der Waals surface area contributed by atoms with E-state index < -0.39 is 11.5 Å². The highest BCUT2D eigenvalue weighted by molar-refractivity contribution is 6.30. The molecule has 0 bridgehead atoms. The molecule has 6 heteroatoms. The zero-order chi connectivity index (χ0) is 16.4. The van der Waals surface area contributed by atoms with Gasteiger partial charge in [0.2, 0.25) is 0 Å². The minimum absolute atomic E-state index is 0.117. The van der Waals surface area contributed by atoms with Crippen LogP contribution in [0.1, 0.15) is 16.1 Å². The van der Waals surface area contributed by atoms with E-state index >= 15 is 0 Å². The van der Waals surface area contributed by atoms with Crippen LogP contribution in [0.2, 0.25) is 5.02 Å². The van der Waals surface area contributed by atoms with Crippen LogP contribution < -0.4 is 5.56 Å². The van der Waals surface area contributed by atoms with Crippen LogP contribution in [0.15, 0.2) is 53.3 Å². The van der Waals surface area contributed by atoms with Crippen molar-refractivity contribution >= 4 is 28.5 Å². The van der Waals surface area contributed by atoms with Gasteiger partial charge in [-0.2, -0.15) is 0 Å². The third-order valence-electron chi connectivity index (χ3n) is 3.46.